The summed E-state index contributed by atoms with van der Waals surface area (Å²) in [5.41, 5.74) is 3.62. The van der Waals surface area contributed by atoms with Gasteiger partial charge in [-0.2, -0.15) is 0 Å². The summed E-state index contributed by atoms with van der Waals surface area (Å²) < 4.78 is 5.03. The normalized spacial score (nSPS) is 11.7. The van der Waals surface area contributed by atoms with Gasteiger partial charge in [0.15, 0.2) is 5.11 Å². The molecule has 3 nitrogen and oxygen atoms in total. The summed E-state index contributed by atoms with van der Waals surface area (Å²) >= 11 is 5.39. The second-order valence-corrected chi connectivity index (χ2v) is 5.56. The SMILES string of the molecule is COCCNC(=S)N[C@H](c1ccccc1)c1ccc(C)cc1. The first-order valence-corrected chi connectivity index (χ1v) is 7.76. The van der Waals surface area contributed by atoms with Gasteiger partial charge in [0, 0.05) is 13.7 Å². The van der Waals surface area contributed by atoms with Crippen LogP contribution in [0.4, 0.5) is 0 Å². The maximum absolute atomic E-state index is 5.39. The second kappa shape index (κ2) is 8.51. The van der Waals surface area contributed by atoms with Gasteiger partial charge in [0.1, 0.15) is 0 Å². The van der Waals surface area contributed by atoms with E-state index in [0.717, 1.165) is 0 Å². The molecule has 0 fully saturated rings. The maximum Gasteiger partial charge on any atom is 0.167 e. The fourth-order valence-corrected chi connectivity index (χ4v) is 2.43. The number of nitrogens with one attached hydrogen (secondary N) is 2. The van der Waals surface area contributed by atoms with Crippen molar-refractivity contribution in [3.05, 3.63) is 71.3 Å². The first-order chi connectivity index (χ1) is 10.7. The molecule has 0 heterocycles. The van der Waals surface area contributed by atoms with E-state index in [4.69, 9.17) is 17.0 Å². The van der Waals surface area contributed by atoms with Gasteiger partial charge in [0.05, 0.1) is 12.6 Å². The average Bonchev–Trinajstić information content (AvgIpc) is 2.55. The van der Waals surface area contributed by atoms with Crippen molar-refractivity contribution in [1.29, 1.82) is 0 Å². The van der Waals surface area contributed by atoms with Crippen LogP contribution in [0.2, 0.25) is 0 Å². The first-order valence-electron chi connectivity index (χ1n) is 7.35. The molecule has 22 heavy (non-hydrogen) atoms. The number of hydrogen-bond donors (Lipinski definition) is 2. The molecule has 116 valence electrons. The van der Waals surface area contributed by atoms with Crippen molar-refractivity contribution in [2.45, 2.75) is 13.0 Å². The topological polar surface area (TPSA) is 33.3 Å². The van der Waals surface area contributed by atoms with Gasteiger partial charge in [-0.05, 0) is 30.3 Å². The number of thiocarbonyl (C=S) groups is 1. The third kappa shape index (κ3) is 4.83. The highest BCUT2D eigenvalue weighted by atomic mass is 32.1. The number of hydrogen-bond acceptors (Lipinski definition) is 2. The minimum absolute atomic E-state index is 0.0318. The van der Waals surface area contributed by atoms with Crippen molar-refractivity contribution in [1.82, 2.24) is 10.6 Å². The molecule has 0 aliphatic carbocycles. The molecular weight excluding hydrogens is 292 g/mol. The van der Waals surface area contributed by atoms with Crippen molar-refractivity contribution in [2.24, 2.45) is 0 Å². The van der Waals surface area contributed by atoms with Crippen LogP contribution in [0.3, 0.4) is 0 Å². The third-order valence-electron chi connectivity index (χ3n) is 3.41. The van der Waals surface area contributed by atoms with E-state index >= 15 is 0 Å². The number of methoxy groups -OCH3 is 1. The maximum atomic E-state index is 5.39. The minimum Gasteiger partial charge on any atom is -0.383 e. The van der Waals surface area contributed by atoms with Crippen LogP contribution in [0.25, 0.3) is 0 Å². The van der Waals surface area contributed by atoms with Crippen molar-refractivity contribution >= 4 is 17.3 Å². The van der Waals surface area contributed by atoms with Crippen molar-refractivity contribution in [3.8, 4) is 0 Å². The largest absolute Gasteiger partial charge is 0.383 e. The van der Waals surface area contributed by atoms with E-state index in [2.05, 4.69) is 54.0 Å². The van der Waals surface area contributed by atoms with E-state index in [0.29, 0.717) is 18.3 Å². The lowest BCUT2D eigenvalue weighted by atomic mass is 9.98. The summed E-state index contributed by atoms with van der Waals surface area (Å²) in [4.78, 5) is 0. The van der Waals surface area contributed by atoms with Crippen molar-refractivity contribution in [2.75, 3.05) is 20.3 Å². The molecule has 0 aromatic heterocycles. The van der Waals surface area contributed by atoms with E-state index in [1.54, 1.807) is 7.11 Å². The average molecular weight is 314 g/mol. The summed E-state index contributed by atoms with van der Waals surface area (Å²) in [5.74, 6) is 0. The van der Waals surface area contributed by atoms with Crippen LogP contribution in [0, 0.1) is 6.92 Å². The van der Waals surface area contributed by atoms with Crippen molar-refractivity contribution in [3.63, 3.8) is 0 Å². The summed E-state index contributed by atoms with van der Waals surface area (Å²) in [6, 6.07) is 18.9. The number of aryl methyl sites for hydroxylation is 1. The Labute approximate surface area is 137 Å². The molecule has 2 aromatic rings. The molecule has 2 rings (SSSR count). The number of ether oxygens (including phenoxy) is 1. The zero-order valence-electron chi connectivity index (χ0n) is 13.0. The Balaban J connectivity index is 2.15. The van der Waals surface area contributed by atoms with Crippen LogP contribution in [-0.2, 0) is 4.74 Å². The van der Waals surface area contributed by atoms with Gasteiger partial charge in [-0.15, -0.1) is 0 Å². The Hall–Kier alpha value is -1.91. The molecule has 0 aliphatic heterocycles. The molecule has 1 atom stereocenters. The number of rotatable bonds is 6. The highest BCUT2D eigenvalue weighted by Gasteiger charge is 2.14. The summed E-state index contributed by atoms with van der Waals surface area (Å²) in [6.07, 6.45) is 0. The smallest absolute Gasteiger partial charge is 0.167 e. The molecule has 0 saturated carbocycles. The zero-order chi connectivity index (χ0) is 15.8. The molecule has 0 radical (unpaired) electrons. The third-order valence-corrected chi connectivity index (χ3v) is 3.67. The first kappa shape index (κ1) is 16.5. The summed E-state index contributed by atoms with van der Waals surface area (Å²) in [6.45, 7) is 3.41. The molecule has 2 aromatic carbocycles. The fraction of sp³-hybridized carbons (Fsp3) is 0.278. The Bertz CT molecular complexity index is 584. The second-order valence-electron chi connectivity index (χ2n) is 5.15. The van der Waals surface area contributed by atoms with E-state index in [1.165, 1.54) is 16.7 Å². The Kier molecular flexibility index (Phi) is 6.37. The zero-order valence-corrected chi connectivity index (χ0v) is 13.8. The van der Waals surface area contributed by atoms with Gasteiger partial charge < -0.3 is 15.4 Å². The van der Waals surface area contributed by atoms with Gasteiger partial charge >= 0.3 is 0 Å². The molecule has 0 aliphatic rings. The van der Waals surface area contributed by atoms with Gasteiger partial charge in [-0.25, -0.2) is 0 Å². The van der Waals surface area contributed by atoms with Crippen molar-refractivity contribution < 1.29 is 4.74 Å². The van der Waals surface area contributed by atoms with Gasteiger partial charge in [-0.3, -0.25) is 0 Å². The molecule has 0 amide bonds. The summed E-state index contributed by atoms with van der Waals surface area (Å²) in [5, 5.41) is 7.18. The highest BCUT2D eigenvalue weighted by Crippen LogP contribution is 2.22. The molecule has 2 N–H and O–H groups in total. The van der Waals surface area contributed by atoms with Crippen LogP contribution in [0.5, 0.6) is 0 Å². The van der Waals surface area contributed by atoms with Gasteiger partial charge in [-0.1, -0.05) is 60.2 Å². The van der Waals surface area contributed by atoms with E-state index < -0.39 is 0 Å². The Morgan fingerprint density at radius 1 is 1.05 bits per heavy atom. The quantitative estimate of drug-likeness (QED) is 0.634. The van der Waals surface area contributed by atoms with Crippen LogP contribution in [-0.4, -0.2) is 25.4 Å². The lowest BCUT2D eigenvalue weighted by Gasteiger charge is -2.22. The van der Waals surface area contributed by atoms with E-state index in [-0.39, 0.29) is 6.04 Å². The van der Waals surface area contributed by atoms with Gasteiger partial charge in [0.25, 0.3) is 0 Å². The standard InChI is InChI=1S/C18H22N2OS/c1-14-8-10-16(11-9-14)17(15-6-4-3-5-7-15)20-18(22)19-12-13-21-2/h3-11,17H,12-13H2,1-2H3,(H2,19,20,22)/t17-/m1/s1. The van der Waals surface area contributed by atoms with Crippen LogP contribution < -0.4 is 10.6 Å². The summed E-state index contributed by atoms with van der Waals surface area (Å²) in [7, 11) is 1.68. The minimum atomic E-state index is 0.0318. The monoisotopic (exact) mass is 314 g/mol. The fourth-order valence-electron chi connectivity index (χ4n) is 2.21. The molecule has 0 bridgehead atoms. The lowest BCUT2D eigenvalue weighted by molar-refractivity contribution is 0.204. The van der Waals surface area contributed by atoms with Crippen LogP contribution in [0.1, 0.15) is 22.7 Å². The molecule has 4 heteroatoms. The Morgan fingerprint density at radius 2 is 1.68 bits per heavy atom. The van der Waals surface area contributed by atoms with E-state index in [1.807, 2.05) is 18.2 Å². The molecular formula is C18H22N2OS. The highest BCUT2D eigenvalue weighted by molar-refractivity contribution is 7.80. The van der Waals surface area contributed by atoms with E-state index in [9.17, 15) is 0 Å². The molecule has 0 saturated heterocycles. The Morgan fingerprint density at radius 3 is 2.32 bits per heavy atom. The predicted molar refractivity (Wildman–Crippen MR) is 95.1 cm³/mol. The number of benzene rings is 2. The van der Waals surface area contributed by atoms with Gasteiger partial charge in [0.2, 0.25) is 0 Å². The van der Waals surface area contributed by atoms with Crippen LogP contribution in [0.15, 0.2) is 54.6 Å². The molecule has 0 spiro atoms. The lowest BCUT2D eigenvalue weighted by Crippen LogP contribution is -2.39. The molecule has 0 unspecified atom stereocenters. The van der Waals surface area contributed by atoms with Crippen LogP contribution >= 0.6 is 12.2 Å². The predicted octanol–water partition coefficient (Wildman–Crippen LogP) is 3.19.